The van der Waals surface area contributed by atoms with Gasteiger partial charge in [-0.25, -0.2) is 0 Å². The van der Waals surface area contributed by atoms with Gasteiger partial charge >= 0.3 is 0 Å². The molecule has 0 aliphatic rings. The van der Waals surface area contributed by atoms with Crippen LogP contribution in [0.4, 0.5) is 0 Å². The number of benzene rings is 1. The van der Waals surface area contributed by atoms with Crippen molar-refractivity contribution in [2.75, 3.05) is 6.61 Å². The summed E-state index contributed by atoms with van der Waals surface area (Å²) < 4.78 is 5.17. The van der Waals surface area contributed by atoms with Crippen molar-refractivity contribution in [2.24, 2.45) is 0 Å². The van der Waals surface area contributed by atoms with Crippen molar-refractivity contribution in [3.05, 3.63) is 29.8 Å². The van der Waals surface area contributed by atoms with E-state index < -0.39 is 0 Å². The number of ether oxygens (including phenoxy) is 1. The third kappa shape index (κ3) is 1.80. The predicted octanol–water partition coefficient (Wildman–Crippen LogP) is 1.54. The number of rotatable bonds is 3. The average molecular weight is 149 g/mol. The zero-order chi connectivity index (χ0) is 8.10. The van der Waals surface area contributed by atoms with Gasteiger partial charge in [0.1, 0.15) is 5.75 Å². The molecule has 1 radical (unpaired) electrons. The number of hydrogen-bond acceptors (Lipinski definition) is 2. The first-order valence-electron chi connectivity index (χ1n) is 3.48. The maximum absolute atomic E-state index is 10.3. The van der Waals surface area contributed by atoms with Crippen LogP contribution in [0.1, 0.15) is 12.5 Å². The second kappa shape index (κ2) is 3.76. The van der Waals surface area contributed by atoms with Crippen molar-refractivity contribution in [1.29, 1.82) is 0 Å². The van der Waals surface area contributed by atoms with Gasteiger partial charge in [-0.3, -0.25) is 4.79 Å². The zero-order valence-electron chi connectivity index (χ0n) is 6.33. The highest BCUT2D eigenvalue weighted by Crippen LogP contribution is 2.14. The molecule has 0 spiro atoms. The van der Waals surface area contributed by atoms with Crippen LogP contribution in [0.3, 0.4) is 0 Å². The highest BCUT2D eigenvalue weighted by Gasteiger charge is 1.99. The summed E-state index contributed by atoms with van der Waals surface area (Å²) in [4.78, 5) is 10.3. The SMILES string of the molecule is CCOc1ccccc1[C]=O. The Kier molecular flexibility index (Phi) is 2.66. The van der Waals surface area contributed by atoms with E-state index in [-0.39, 0.29) is 0 Å². The lowest BCUT2D eigenvalue weighted by Gasteiger charge is -2.03. The maximum Gasteiger partial charge on any atom is 0.237 e. The highest BCUT2D eigenvalue weighted by atomic mass is 16.5. The second-order valence-electron chi connectivity index (χ2n) is 2.03. The first kappa shape index (κ1) is 7.79. The molecule has 1 aromatic carbocycles. The summed E-state index contributed by atoms with van der Waals surface area (Å²) in [6.07, 6.45) is 1.81. The number of carbonyl (C=O) groups excluding carboxylic acids is 1. The molecule has 2 heteroatoms. The van der Waals surface area contributed by atoms with Crippen LogP contribution < -0.4 is 4.74 Å². The lowest BCUT2D eigenvalue weighted by atomic mass is 10.2. The van der Waals surface area contributed by atoms with Crippen molar-refractivity contribution in [1.82, 2.24) is 0 Å². The molecule has 0 heterocycles. The van der Waals surface area contributed by atoms with Crippen LogP contribution in [0.15, 0.2) is 24.3 Å². The first-order chi connectivity index (χ1) is 5.38. The van der Waals surface area contributed by atoms with Crippen LogP contribution in [0.2, 0.25) is 0 Å². The molecule has 0 N–H and O–H groups in total. The van der Waals surface area contributed by atoms with E-state index in [1.165, 1.54) is 0 Å². The maximum atomic E-state index is 10.3. The fourth-order valence-electron chi connectivity index (χ4n) is 0.832. The van der Waals surface area contributed by atoms with Crippen LogP contribution in [-0.2, 0) is 4.79 Å². The molecule has 0 saturated carbocycles. The lowest BCUT2D eigenvalue weighted by Crippen LogP contribution is -1.94. The van der Waals surface area contributed by atoms with Gasteiger partial charge in [-0.05, 0) is 19.1 Å². The summed E-state index contributed by atoms with van der Waals surface area (Å²) in [5.41, 5.74) is 0.481. The minimum atomic E-state index is 0.481. The molecule has 0 saturated heterocycles. The van der Waals surface area contributed by atoms with Crippen molar-refractivity contribution < 1.29 is 9.53 Å². The van der Waals surface area contributed by atoms with Crippen molar-refractivity contribution >= 4 is 6.29 Å². The van der Waals surface area contributed by atoms with E-state index in [0.29, 0.717) is 17.9 Å². The Bertz CT molecular complexity index is 243. The summed E-state index contributed by atoms with van der Waals surface area (Å²) in [6.45, 7) is 2.44. The first-order valence-corrected chi connectivity index (χ1v) is 3.48. The molecular weight excluding hydrogens is 140 g/mol. The summed E-state index contributed by atoms with van der Waals surface area (Å²) in [6, 6.07) is 7.04. The van der Waals surface area contributed by atoms with Crippen LogP contribution >= 0.6 is 0 Å². The second-order valence-corrected chi connectivity index (χ2v) is 2.03. The van der Waals surface area contributed by atoms with Gasteiger partial charge in [0, 0.05) is 0 Å². The van der Waals surface area contributed by atoms with Gasteiger partial charge in [-0.15, -0.1) is 0 Å². The minimum absolute atomic E-state index is 0.481. The van der Waals surface area contributed by atoms with Gasteiger partial charge < -0.3 is 4.74 Å². The lowest BCUT2D eigenvalue weighted by molar-refractivity contribution is 0.339. The van der Waals surface area contributed by atoms with E-state index in [9.17, 15) is 4.79 Å². The van der Waals surface area contributed by atoms with Crippen molar-refractivity contribution in [2.45, 2.75) is 6.92 Å². The molecular formula is C9H9O2. The topological polar surface area (TPSA) is 26.3 Å². The van der Waals surface area contributed by atoms with Gasteiger partial charge in [0.25, 0.3) is 0 Å². The zero-order valence-corrected chi connectivity index (χ0v) is 6.33. The van der Waals surface area contributed by atoms with Crippen molar-refractivity contribution in [3.63, 3.8) is 0 Å². The Morgan fingerprint density at radius 2 is 2.18 bits per heavy atom. The fraction of sp³-hybridized carbons (Fsp3) is 0.222. The molecule has 0 fully saturated rings. The monoisotopic (exact) mass is 149 g/mol. The molecule has 0 amide bonds. The van der Waals surface area contributed by atoms with E-state index in [1.54, 1.807) is 24.5 Å². The van der Waals surface area contributed by atoms with Gasteiger partial charge in [0.05, 0.1) is 12.2 Å². The van der Waals surface area contributed by atoms with Crippen LogP contribution in [0.5, 0.6) is 5.75 Å². The summed E-state index contributed by atoms with van der Waals surface area (Å²) in [5.74, 6) is 0.602. The Hall–Kier alpha value is -1.31. The minimum Gasteiger partial charge on any atom is -0.493 e. The summed E-state index contributed by atoms with van der Waals surface area (Å²) in [5, 5.41) is 0. The molecule has 1 rings (SSSR count). The van der Waals surface area contributed by atoms with Gasteiger partial charge in [-0.1, -0.05) is 12.1 Å². The normalized spacial score (nSPS) is 9.18. The molecule has 1 aromatic rings. The van der Waals surface area contributed by atoms with E-state index in [0.717, 1.165) is 0 Å². The van der Waals surface area contributed by atoms with Gasteiger partial charge in [0.15, 0.2) is 0 Å². The quantitative estimate of drug-likeness (QED) is 0.651. The third-order valence-corrected chi connectivity index (χ3v) is 1.30. The number of hydrogen-bond donors (Lipinski definition) is 0. The van der Waals surface area contributed by atoms with Crippen LogP contribution in [0.25, 0.3) is 0 Å². The van der Waals surface area contributed by atoms with E-state index in [2.05, 4.69) is 0 Å². The van der Waals surface area contributed by atoms with Gasteiger partial charge in [-0.2, -0.15) is 0 Å². The van der Waals surface area contributed by atoms with E-state index >= 15 is 0 Å². The molecule has 0 aliphatic carbocycles. The smallest absolute Gasteiger partial charge is 0.237 e. The molecule has 0 aliphatic heterocycles. The molecule has 11 heavy (non-hydrogen) atoms. The Labute approximate surface area is 65.8 Å². The molecule has 0 aromatic heterocycles. The summed E-state index contributed by atoms with van der Waals surface area (Å²) >= 11 is 0. The Balaban J connectivity index is 2.92. The van der Waals surface area contributed by atoms with Crippen molar-refractivity contribution in [3.8, 4) is 5.75 Å². The molecule has 57 valence electrons. The molecule has 0 atom stereocenters. The van der Waals surface area contributed by atoms with Crippen LogP contribution in [-0.4, -0.2) is 12.9 Å². The Morgan fingerprint density at radius 3 is 2.82 bits per heavy atom. The van der Waals surface area contributed by atoms with E-state index in [1.807, 2.05) is 13.0 Å². The standard InChI is InChI=1S/C9H9O2/c1-2-11-9-6-4-3-5-8(9)7-10/h3-6H,2H2,1H3. The number of para-hydroxylation sites is 1. The molecule has 0 bridgehead atoms. The largest absolute Gasteiger partial charge is 0.493 e. The predicted molar refractivity (Wildman–Crippen MR) is 42.4 cm³/mol. The fourth-order valence-corrected chi connectivity index (χ4v) is 0.832. The van der Waals surface area contributed by atoms with E-state index in [4.69, 9.17) is 4.74 Å². The summed E-state index contributed by atoms with van der Waals surface area (Å²) in [7, 11) is 0. The van der Waals surface area contributed by atoms with Crippen LogP contribution in [0, 0.1) is 0 Å². The molecule has 2 nitrogen and oxygen atoms in total. The average Bonchev–Trinajstić information content (AvgIpc) is 2.06. The highest BCUT2D eigenvalue weighted by molar-refractivity contribution is 5.79. The molecule has 0 unspecified atom stereocenters. The third-order valence-electron chi connectivity index (χ3n) is 1.30. The Morgan fingerprint density at radius 1 is 1.45 bits per heavy atom. The van der Waals surface area contributed by atoms with Gasteiger partial charge in [0.2, 0.25) is 6.29 Å².